The molecule has 0 spiro atoms. The van der Waals surface area contributed by atoms with Gasteiger partial charge in [0.05, 0.1) is 13.1 Å². The predicted octanol–water partition coefficient (Wildman–Crippen LogP) is 1.76. The number of aromatic amines is 1. The van der Waals surface area contributed by atoms with E-state index in [9.17, 15) is 19.2 Å². The van der Waals surface area contributed by atoms with Crippen molar-refractivity contribution in [1.82, 2.24) is 9.55 Å². The molecule has 35 heavy (non-hydrogen) atoms. The summed E-state index contributed by atoms with van der Waals surface area (Å²) in [6.07, 6.45) is 1.33. The standard InChI is InChI=1S/C25H28N6O4/c1-2-29(16-20(32)27-18-10-6-11-19(14-18)30-13-7-12-21(30)33)22-23(26)31(25(35)28-24(22)34)15-17-8-4-3-5-9-17/h3-6,8-11,14H,2,7,12-13,15-16,26H2,1H3,(H,27,32)(H,28,34,35). The number of H-pyrrole nitrogens is 1. The third-order valence-corrected chi connectivity index (χ3v) is 5.95. The lowest BCUT2D eigenvalue weighted by Crippen LogP contribution is -2.41. The van der Waals surface area contributed by atoms with Gasteiger partial charge >= 0.3 is 5.69 Å². The van der Waals surface area contributed by atoms with Crippen molar-refractivity contribution in [2.24, 2.45) is 0 Å². The molecule has 1 saturated heterocycles. The van der Waals surface area contributed by atoms with Gasteiger partial charge in [-0.3, -0.25) is 23.9 Å². The zero-order chi connectivity index (χ0) is 24.9. The fraction of sp³-hybridized carbons (Fsp3) is 0.280. The minimum atomic E-state index is -0.652. The number of rotatable bonds is 8. The molecule has 182 valence electrons. The second-order valence-corrected chi connectivity index (χ2v) is 8.33. The molecule has 0 atom stereocenters. The molecule has 0 radical (unpaired) electrons. The third-order valence-electron chi connectivity index (χ3n) is 5.95. The summed E-state index contributed by atoms with van der Waals surface area (Å²) in [6.45, 7) is 2.78. The van der Waals surface area contributed by atoms with Crippen molar-refractivity contribution >= 4 is 34.7 Å². The van der Waals surface area contributed by atoms with Crippen LogP contribution in [0.3, 0.4) is 0 Å². The van der Waals surface area contributed by atoms with E-state index in [4.69, 9.17) is 5.73 Å². The number of aromatic nitrogens is 2. The van der Waals surface area contributed by atoms with Crippen molar-refractivity contribution in [2.75, 3.05) is 40.5 Å². The molecule has 0 unspecified atom stereocenters. The van der Waals surface area contributed by atoms with Crippen molar-refractivity contribution in [1.29, 1.82) is 0 Å². The number of nitrogen functional groups attached to an aromatic ring is 1. The quantitative estimate of drug-likeness (QED) is 0.454. The largest absolute Gasteiger partial charge is 0.383 e. The number of benzene rings is 2. The number of carbonyl (C=O) groups is 2. The Morgan fingerprint density at radius 3 is 2.57 bits per heavy atom. The number of hydrogen-bond donors (Lipinski definition) is 3. The van der Waals surface area contributed by atoms with Crippen molar-refractivity contribution < 1.29 is 9.59 Å². The van der Waals surface area contributed by atoms with Gasteiger partial charge in [-0.25, -0.2) is 4.79 Å². The zero-order valence-corrected chi connectivity index (χ0v) is 19.5. The Morgan fingerprint density at radius 1 is 1.11 bits per heavy atom. The fourth-order valence-corrected chi connectivity index (χ4v) is 4.20. The number of hydrogen-bond acceptors (Lipinski definition) is 6. The van der Waals surface area contributed by atoms with E-state index in [1.54, 1.807) is 30.0 Å². The normalized spacial score (nSPS) is 13.2. The number of anilines is 4. The molecule has 10 nitrogen and oxygen atoms in total. The van der Waals surface area contributed by atoms with Crippen LogP contribution >= 0.6 is 0 Å². The van der Waals surface area contributed by atoms with Gasteiger partial charge in [0.15, 0.2) is 0 Å². The van der Waals surface area contributed by atoms with Crippen LogP contribution in [0.4, 0.5) is 22.9 Å². The van der Waals surface area contributed by atoms with Crippen LogP contribution in [0.2, 0.25) is 0 Å². The second kappa shape index (κ2) is 10.3. The molecule has 2 aromatic carbocycles. The minimum Gasteiger partial charge on any atom is -0.383 e. The van der Waals surface area contributed by atoms with Crippen molar-refractivity contribution in [3.05, 3.63) is 81.0 Å². The van der Waals surface area contributed by atoms with Crippen LogP contribution < -0.4 is 32.1 Å². The van der Waals surface area contributed by atoms with Gasteiger partial charge in [0, 0.05) is 30.9 Å². The monoisotopic (exact) mass is 476 g/mol. The first-order valence-electron chi connectivity index (χ1n) is 11.5. The van der Waals surface area contributed by atoms with E-state index >= 15 is 0 Å². The van der Waals surface area contributed by atoms with E-state index < -0.39 is 11.2 Å². The van der Waals surface area contributed by atoms with Gasteiger partial charge in [0.2, 0.25) is 11.8 Å². The van der Waals surface area contributed by atoms with Crippen molar-refractivity contribution in [3.8, 4) is 0 Å². The summed E-state index contributed by atoms with van der Waals surface area (Å²) in [6, 6.07) is 16.4. The Labute approximate surface area is 202 Å². The number of amides is 2. The Hall–Kier alpha value is -4.34. The van der Waals surface area contributed by atoms with Crippen LogP contribution in [-0.4, -0.2) is 41.0 Å². The molecule has 0 aliphatic carbocycles. The molecule has 1 aromatic heterocycles. The highest BCUT2D eigenvalue weighted by Crippen LogP contribution is 2.24. The lowest BCUT2D eigenvalue weighted by atomic mass is 10.2. The molecule has 1 aliphatic heterocycles. The average molecular weight is 477 g/mol. The predicted molar refractivity (Wildman–Crippen MR) is 136 cm³/mol. The molecular weight excluding hydrogens is 448 g/mol. The van der Waals surface area contributed by atoms with Gasteiger partial charge in [-0.05, 0) is 37.1 Å². The van der Waals surface area contributed by atoms with Gasteiger partial charge in [-0.2, -0.15) is 0 Å². The fourth-order valence-electron chi connectivity index (χ4n) is 4.20. The summed E-state index contributed by atoms with van der Waals surface area (Å²) in [7, 11) is 0. The highest BCUT2D eigenvalue weighted by molar-refractivity contribution is 5.98. The molecule has 3 aromatic rings. The zero-order valence-electron chi connectivity index (χ0n) is 19.5. The van der Waals surface area contributed by atoms with Crippen LogP contribution in [0, 0.1) is 0 Å². The Morgan fingerprint density at radius 2 is 1.89 bits per heavy atom. The van der Waals surface area contributed by atoms with E-state index in [1.807, 2.05) is 36.4 Å². The molecule has 2 amide bonds. The van der Waals surface area contributed by atoms with Gasteiger partial charge in [-0.15, -0.1) is 0 Å². The van der Waals surface area contributed by atoms with Gasteiger partial charge in [0.25, 0.3) is 5.56 Å². The number of likely N-dealkylation sites (N-methyl/N-ethyl adjacent to an activating group) is 1. The highest BCUT2D eigenvalue weighted by Gasteiger charge is 2.23. The molecule has 2 heterocycles. The maximum atomic E-state index is 12.9. The van der Waals surface area contributed by atoms with Crippen molar-refractivity contribution in [3.63, 3.8) is 0 Å². The first kappa shape index (κ1) is 23.8. The Bertz CT molecular complexity index is 1350. The highest BCUT2D eigenvalue weighted by atomic mass is 16.2. The van der Waals surface area contributed by atoms with Crippen LogP contribution in [0.5, 0.6) is 0 Å². The smallest absolute Gasteiger partial charge is 0.330 e. The van der Waals surface area contributed by atoms with Crippen LogP contribution in [0.25, 0.3) is 0 Å². The second-order valence-electron chi connectivity index (χ2n) is 8.33. The lowest BCUT2D eigenvalue weighted by Gasteiger charge is -2.24. The summed E-state index contributed by atoms with van der Waals surface area (Å²) in [4.78, 5) is 55.6. The Balaban J connectivity index is 1.54. The average Bonchev–Trinajstić information content (AvgIpc) is 3.27. The molecule has 10 heteroatoms. The number of carbonyl (C=O) groups excluding carboxylic acids is 2. The first-order valence-corrected chi connectivity index (χ1v) is 11.5. The SMILES string of the molecule is CCN(CC(=O)Nc1cccc(N2CCCC2=O)c1)c1c(N)n(Cc2ccccc2)c(=O)[nH]c1=O. The maximum Gasteiger partial charge on any atom is 0.330 e. The van der Waals surface area contributed by atoms with Crippen LogP contribution in [-0.2, 0) is 16.1 Å². The molecule has 0 bridgehead atoms. The molecule has 4 rings (SSSR count). The summed E-state index contributed by atoms with van der Waals surface area (Å²) >= 11 is 0. The molecule has 4 N–H and O–H groups in total. The molecule has 0 saturated carbocycles. The molecule has 1 fully saturated rings. The van der Waals surface area contributed by atoms with Crippen molar-refractivity contribution in [2.45, 2.75) is 26.3 Å². The van der Waals surface area contributed by atoms with Gasteiger partial charge in [0.1, 0.15) is 11.5 Å². The van der Waals surface area contributed by atoms with Gasteiger partial charge in [-0.1, -0.05) is 36.4 Å². The Kier molecular flexibility index (Phi) is 7.00. The van der Waals surface area contributed by atoms with E-state index in [-0.39, 0.29) is 36.4 Å². The maximum absolute atomic E-state index is 12.9. The summed E-state index contributed by atoms with van der Waals surface area (Å²) in [5.41, 5.74) is 7.18. The van der Waals surface area contributed by atoms with Crippen LogP contribution in [0.15, 0.2) is 64.2 Å². The third kappa shape index (κ3) is 5.26. The first-order chi connectivity index (χ1) is 16.9. The van der Waals surface area contributed by atoms with Gasteiger partial charge < -0.3 is 20.9 Å². The topological polar surface area (TPSA) is 134 Å². The number of nitrogens with two attached hydrogens (primary N) is 1. The van der Waals surface area contributed by atoms with Crippen LogP contribution in [0.1, 0.15) is 25.3 Å². The van der Waals surface area contributed by atoms with E-state index in [0.717, 1.165) is 17.7 Å². The number of nitrogens with zero attached hydrogens (tertiary/aromatic N) is 3. The minimum absolute atomic E-state index is 0.00760. The number of nitrogens with one attached hydrogen (secondary N) is 2. The summed E-state index contributed by atoms with van der Waals surface area (Å²) < 4.78 is 1.28. The lowest BCUT2D eigenvalue weighted by molar-refractivity contribution is -0.117. The van der Waals surface area contributed by atoms with E-state index in [0.29, 0.717) is 25.2 Å². The summed E-state index contributed by atoms with van der Waals surface area (Å²) in [5.74, 6) is -0.311. The van der Waals surface area contributed by atoms with E-state index in [2.05, 4.69) is 10.3 Å². The van der Waals surface area contributed by atoms with E-state index in [1.165, 1.54) is 9.47 Å². The molecule has 1 aliphatic rings. The summed E-state index contributed by atoms with van der Waals surface area (Å²) in [5, 5.41) is 2.82. The molecular formula is C25H28N6O4.